The second kappa shape index (κ2) is 14.5. The first-order chi connectivity index (χ1) is 20.3. The van der Waals surface area contributed by atoms with Gasteiger partial charge >= 0.3 is 0 Å². The molecular formula is C29H32Cl2N4O7S. The van der Waals surface area contributed by atoms with Gasteiger partial charge in [-0.05, 0) is 68.3 Å². The largest absolute Gasteiger partial charge is 0.497 e. The molecule has 3 rings (SSSR count). The molecule has 0 saturated heterocycles. The Labute approximate surface area is 260 Å². The third-order valence-electron chi connectivity index (χ3n) is 6.66. The maximum absolute atomic E-state index is 14.0. The fourth-order valence-electron chi connectivity index (χ4n) is 4.16. The number of aryl methyl sites for hydroxylation is 1. The SMILES string of the molecule is CCCNC(=O)[C@H](C)N(Cc1ccc(Cl)c(Cl)c1)C(=O)CN(c1ccc(OC)cc1)S(=O)(=O)c1ccc(C)c([N+](=O)[O-])c1. The summed E-state index contributed by atoms with van der Waals surface area (Å²) in [7, 11) is -3.07. The van der Waals surface area contributed by atoms with Crippen LogP contribution in [0.4, 0.5) is 11.4 Å². The summed E-state index contributed by atoms with van der Waals surface area (Å²) in [6.45, 7) is 4.50. The smallest absolute Gasteiger partial charge is 0.273 e. The lowest BCUT2D eigenvalue weighted by atomic mass is 10.1. The van der Waals surface area contributed by atoms with Crippen LogP contribution in [0.1, 0.15) is 31.4 Å². The van der Waals surface area contributed by atoms with Gasteiger partial charge in [-0.25, -0.2) is 8.42 Å². The van der Waals surface area contributed by atoms with E-state index in [4.69, 9.17) is 27.9 Å². The normalized spacial score (nSPS) is 11.9. The van der Waals surface area contributed by atoms with E-state index >= 15 is 0 Å². The highest BCUT2D eigenvalue weighted by molar-refractivity contribution is 7.92. The molecule has 43 heavy (non-hydrogen) atoms. The van der Waals surface area contributed by atoms with Crippen LogP contribution in [-0.2, 0) is 26.2 Å². The van der Waals surface area contributed by atoms with Gasteiger partial charge in [0.25, 0.3) is 15.7 Å². The third kappa shape index (κ3) is 8.15. The van der Waals surface area contributed by atoms with E-state index in [-0.39, 0.29) is 33.4 Å². The van der Waals surface area contributed by atoms with Gasteiger partial charge in [-0.3, -0.25) is 24.0 Å². The summed E-state index contributed by atoms with van der Waals surface area (Å²) in [6.07, 6.45) is 0.672. The van der Waals surface area contributed by atoms with Crippen LogP contribution in [0.2, 0.25) is 10.0 Å². The molecule has 0 fully saturated rings. The molecule has 230 valence electrons. The Morgan fingerprint density at radius 3 is 2.30 bits per heavy atom. The number of hydrogen-bond donors (Lipinski definition) is 1. The number of nitrogens with zero attached hydrogens (tertiary/aromatic N) is 3. The zero-order chi connectivity index (χ0) is 31.9. The van der Waals surface area contributed by atoms with Gasteiger partial charge in [0.2, 0.25) is 11.8 Å². The second-order valence-corrected chi connectivity index (χ2v) is 12.3. The molecular weight excluding hydrogens is 619 g/mol. The van der Waals surface area contributed by atoms with Gasteiger partial charge in [-0.2, -0.15) is 0 Å². The first kappa shape index (κ1) is 33.6. The molecule has 0 aliphatic carbocycles. The van der Waals surface area contributed by atoms with Crippen LogP contribution in [0.5, 0.6) is 5.75 Å². The number of anilines is 1. The average Bonchev–Trinajstić information content (AvgIpc) is 2.98. The molecule has 0 aliphatic rings. The monoisotopic (exact) mass is 650 g/mol. The van der Waals surface area contributed by atoms with Crippen molar-refractivity contribution in [3.8, 4) is 5.75 Å². The number of rotatable bonds is 13. The van der Waals surface area contributed by atoms with Gasteiger partial charge < -0.3 is 15.0 Å². The van der Waals surface area contributed by atoms with Gasteiger partial charge in [0, 0.05) is 24.7 Å². The number of amides is 2. The Kier molecular flexibility index (Phi) is 11.4. The highest BCUT2D eigenvalue weighted by atomic mass is 35.5. The van der Waals surface area contributed by atoms with Gasteiger partial charge in [-0.1, -0.05) is 42.3 Å². The number of nitrogens with one attached hydrogen (secondary N) is 1. The van der Waals surface area contributed by atoms with E-state index in [2.05, 4.69) is 5.32 Å². The second-order valence-electron chi connectivity index (χ2n) is 9.65. The maximum Gasteiger partial charge on any atom is 0.273 e. The molecule has 0 spiro atoms. The van der Waals surface area contributed by atoms with Crippen molar-refractivity contribution in [3.05, 3.63) is 92.0 Å². The molecule has 1 atom stereocenters. The molecule has 1 N–H and O–H groups in total. The molecule has 3 aromatic rings. The molecule has 0 heterocycles. The van der Waals surface area contributed by atoms with E-state index in [1.807, 2.05) is 6.92 Å². The Bertz CT molecular complexity index is 1600. The predicted molar refractivity (Wildman–Crippen MR) is 165 cm³/mol. The topological polar surface area (TPSA) is 139 Å². The zero-order valence-electron chi connectivity index (χ0n) is 24.0. The highest BCUT2D eigenvalue weighted by Gasteiger charge is 2.33. The zero-order valence-corrected chi connectivity index (χ0v) is 26.4. The number of nitro benzene ring substituents is 1. The average molecular weight is 652 g/mol. The lowest BCUT2D eigenvalue weighted by molar-refractivity contribution is -0.385. The lowest BCUT2D eigenvalue weighted by Gasteiger charge is -2.32. The molecule has 0 aromatic heterocycles. The number of ether oxygens (including phenoxy) is 1. The first-order valence-corrected chi connectivity index (χ1v) is 15.4. The summed E-state index contributed by atoms with van der Waals surface area (Å²) in [5, 5.41) is 14.9. The molecule has 3 aromatic carbocycles. The molecule has 0 unspecified atom stereocenters. The van der Waals surface area contributed by atoms with Crippen molar-refractivity contribution in [3.63, 3.8) is 0 Å². The van der Waals surface area contributed by atoms with E-state index in [0.29, 0.717) is 29.3 Å². The summed E-state index contributed by atoms with van der Waals surface area (Å²) < 4.78 is 34.0. The van der Waals surface area contributed by atoms with E-state index in [1.54, 1.807) is 18.2 Å². The summed E-state index contributed by atoms with van der Waals surface area (Å²) in [5.41, 5.74) is 0.557. The summed E-state index contributed by atoms with van der Waals surface area (Å²) >= 11 is 12.2. The number of carbonyl (C=O) groups excluding carboxylic acids is 2. The molecule has 0 aliphatic heterocycles. The van der Waals surface area contributed by atoms with Crippen molar-refractivity contribution in [2.24, 2.45) is 0 Å². The Balaban J connectivity index is 2.09. The molecule has 0 bridgehead atoms. The van der Waals surface area contributed by atoms with Gasteiger partial charge in [0.05, 0.1) is 32.7 Å². The first-order valence-electron chi connectivity index (χ1n) is 13.2. The van der Waals surface area contributed by atoms with Crippen molar-refractivity contribution < 1.29 is 27.7 Å². The standard InChI is InChI=1S/C29H32Cl2N4O7S/c1-5-14-32-29(37)20(3)33(17-21-7-13-25(30)26(31)15-21)28(36)18-34(22-8-10-23(42-4)11-9-22)43(40,41)24-12-6-19(2)27(16-24)35(38)39/h6-13,15-16,20H,5,14,17-18H2,1-4H3,(H,32,37)/t20-/m0/s1. The van der Waals surface area contributed by atoms with Crippen molar-refractivity contribution in [2.75, 3.05) is 24.5 Å². The van der Waals surface area contributed by atoms with Crippen LogP contribution in [0, 0.1) is 17.0 Å². The summed E-state index contributed by atoms with van der Waals surface area (Å²) in [6, 6.07) is 13.3. The summed E-state index contributed by atoms with van der Waals surface area (Å²) in [4.78, 5) is 38.7. The highest BCUT2D eigenvalue weighted by Crippen LogP contribution is 2.30. The quantitative estimate of drug-likeness (QED) is 0.194. The Hall–Kier alpha value is -3.87. The van der Waals surface area contributed by atoms with E-state index in [9.17, 15) is 28.1 Å². The third-order valence-corrected chi connectivity index (χ3v) is 9.17. The molecule has 0 radical (unpaired) electrons. The Morgan fingerprint density at radius 1 is 1.05 bits per heavy atom. The van der Waals surface area contributed by atoms with E-state index in [0.717, 1.165) is 10.4 Å². The number of benzene rings is 3. The van der Waals surface area contributed by atoms with Crippen molar-refractivity contribution in [1.82, 2.24) is 10.2 Å². The predicted octanol–water partition coefficient (Wildman–Crippen LogP) is 5.36. The van der Waals surface area contributed by atoms with Crippen LogP contribution in [0.3, 0.4) is 0 Å². The van der Waals surface area contributed by atoms with Crippen LogP contribution in [0.15, 0.2) is 65.6 Å². The maximum atomic E-state index is 14.0. The van der Waals surface area contributed by atoms with E-state index in [1.165, 1.54) is 62.3 Å². The minimum Gasteiger partial charge on any atom is -0.497 e. The summed E-state index contributed by atoms with van der Waals surface area (Å²) in [5.74, 6) is -0.685. The number of hydrogen-bond acceptors (Lipinski definition) is 7. The van der Waals surface area contributed by atoms with Crippen LogP contribution >= 0.6 is 23.2 Å². The van der Waals surface area contributed by atoms with Gasteiger partial charge in [0.15, 0.2) is 0 Å². The number of carbonyl (C=O) groups is 2. The van der Waals surface area contributed by atoms with Crippen molar-refractivity contribution >= 4 is 56.4 Å². The molecule has 14 heteroatoms. The van der Waals surface area contributed by atoms with Crippen LogP contribution in [-0.4, -0.2) is 56.3 Å². The van der Waals surface area contributed by atoms with Crippen molar-refractivity contribution in [2.45, 2.75) is 44.7 Å². The fourth-order valence-corrected chi connectivity index (χ4v) is 5.92. The van der Waals surface area contributed by atoms with Gasteiger partial charge in [-0.15, -0.1) is 0 Å². The van der Waals surface area contributed by atoms with E-state index < -0.39 is 39.3 Å². The fraction of sp³-hybridized carbons (Fsp3) is 0.310. The van der Waals surface area contributed by atoms with Crippen LogP contribution in [0.25, 0.3) is 0 Å². The van der Waals surface area contributed by atoms with Crippen LogP contribution < -0.4 is 14.4 Å². The number of halogens is 2. The number of sulfonamides is 1. The number of nitro groups is 1. The molecule has 11 nitrogen and oxygen atoms in total. The minimum atomic E-state index is -4.52. The Morgan fingerprint density at radius 2 is 1.72 bits per heavy atom. The minimum absolute atomic E-state index is 0.0804. The van der Waals surface area contributed by atoms with Crippen molar-refractivity contribution in [1.29, 1.82) is 0 Å². The number of methoxy groups -OCH3 is 1. The molecule has 2 amide bonds. The lowest BCUT2D eigenvalue weighted by Crippen LogP contribution is -2.51. The van der Waals surface area contributed by atoms with Gasteiger partial charge in [0.1, 0.15) is 18.3 Å². The molecule has 0 saturated carbocycles.